The van der Waals surface area contributed by atoms with Crippen LogP contribution in [0.1, 0.15) is 51.3 Å². The second-order valence-electron chi connectivity index (χ2n) is 11.1. The Labute approximate surface area is 272 Å². The van der Waals surface area contributed by atoms with Crippen LogP contribution in [0.2, 0.25) is 5.02 Å². The van der Waals surface area contributed by atoms with Crippen LogP contribution in [0.4, 0.5) is 23.2 Å². The molecule has 0 spiro atoms. The summed E-state index contributed by atoms with van der Waals surface area (Å²) in [6, 6.07) is 17.3. The summed E-state index contributed by atoms with van der Waals surface area (Å²) in [6.45, 7) is 2.70. The van der Waals surface area contributed by atoms with Crippen molar-refractivity contribution < 1.29 is 40.3 Å². The summed E-state index contributed by atoms with van der Waals surface area (Å²) >= 11 is 6.23. The molecule has 2 aliphatic heterocycles. The van der Waals surface area contributed by atoms with Crippen LogP contribution < -0.4 is 9.04 Å². The number of anilines is 1. The predicted octanol–water partition coefficient (Wildman–Crippen LogP) is 7.70. The molecule has 13 heteroatoms. The van der Waals surface area contributed by atoms with Crippen molar-refractivity contribution in [2.24, 2.45) is 0 Å². The summed E-state index contributed by atoms with van der Waals surface area (Å²) in [5.74, 6) is -1.68. The van der Waals surface area contributed by atoms with Gasteiger partial charge in [-0.25, -0.2) is 12.8 Å². The van der Waals surface area contributed by atoms with Crippen LogP contribution in [0.3, 0.4) is 0 Å². The van der Waals surface area contributed by atoms with Gasteiger partial charge in [0.1, 0.15) is 17.7 Å². The molecule has 4 aromatic rings. The molecule has 0 fully saturated rings. The fourth-order valence-electron chi connectivity index (χ4n) is 5.76. The van der Waals surface area contributed by atoms with Crippen molar-refractivity contribution in [3.63, 3.8) is 0 Å². The van der Waals surface area contributed by atoms with Crippen LogP contribution in [0.5, 0.6) is 5.75 Å². The number of imide groups is 1. The molecule has 2 heterocycles. The minimum Gasteiger partial charge on any atom is -0.484 e. The van der Waals surface area contributed by atoms with E-state index < -0.39 is 63.0 Å². The average molecular weight is 685 g/mol. The lowest BCUT2D eigenvalue weighted by Crippen LogP contribution is -2.54. The number of halogens is 5. The van der Waals surface area contributed by atoms with E-state index >= 15 is 0 Å². The van der Waals surface area contributed by atoms with Gasteiger partial charge >= 0.3 is 6.18 Å². The Kier molecular flexibility index (Phi) is 8.13. The van der Waals surface area contributed by atoms with Gasteiger partial charge in [-0.05, 0) is 79.6 Å². The van der Waals surface area contributed by atoms with Crippen molar-refractivity contribution in [3.05, 3.63) is 124 Å². The van der Waals surface area contributed by atoms with E-state index in [1.165, 1.54) is 49.4 Å². The standard InChI is InChI=1S/C34H25ClF4N2O5S/c1-19(31-26(35)11-6-12-27(31)36)15-21-13-14-29-28(16-21)40(47(44,45)23-8-5-7-22(17-23)34(37,38)39)18-30(46-29)20(2)41-32(42)24-9-3-4-10-25(24)33(41)43/h3-17,20,30H,18H2,1-2H3. The van der Waals surface area contributed by atoms with Crippen LogP contribution in [0, 0.1) is 5.82 Å². The molecule has 0 radical (unpaired) electrons. The van der Waals surface area contributed by atoms with Crippen molar-refractivity contribution in [2.75, 3.05) is 10.8 Å². The molecule has 0 aromatic heterocycles. The smallest absolute Gasteiger partial charge is 0.416 e. The van der Waals surface area contributed by atoms with E-state index in [0.717, 1.165) is 27.4 Å². The Balaban J connectivity index is 1.44. The van der Waals surface area contributed by atoms with E-state index in [4.69, 9.17) is 16.3 Å². The molecule has 2 amide bonds. The van der Waals surface area contributed by atoms with E-state index in [0.29, 0.717) is 17.2 Å². The lowest BCUT2D eigenvalue weighted by atomic mass is 10.0. The topological polar surface area (TPSA) is 84.0 Å². The number of carbonyl (C=O) groups excluding carboxylic acids is 2. The summed E-state index contributed by atoms with van der Waals surface area (Å²) in [5.41, 5.74) is 0.207. The summed E-state index contributed by atoms with van der Waals surface area (Å²) in [6.07, 6.45) is -4.33. The van der Waals surface area contributed by atoms with Crippen molar-refractivity contribution in [3.8, 4) is 5.75 Å². The highest BCUT2D eigenvalue weighted by Crippen LogP contribution is 2.41. The Hall–Kier alpha value is -4.68. The van der Waals surface area contributed by atoms with Gasteiger partial charge in [0.15, 0.2) is 0 Å². The number of hydrogen-bond donors (Lipinski definition) is 0. The molecule has 6 rings (SSSR count). The van der Waals surface area contributed by atoms with Gasteiger partial charge in [0.25, 0.3) is 21.8 Å². The van der Waals surface area contributed by atoms with Crippen LogP contribution in [0.25, 0.3) is 11.6 Å². The SMILES string of the molecule is CC(=Cc1ccc2c(c1)N(S(=O)(=O)c1cccc(C(F)(F)F)c1)CC(C(C)N1C(=O)c3ccccc3C1=O)O2)c1c(F)cccc1Cl. The first kappa shape index (κ1) is 32.3. The van der Waals surface area contributed by atoms with Crippen molar-refractivity contribution in [1.29, 1.82) is 0 Å². The first-order valence-electron chi connectivity index (χ1n) is 14.3. The third-order valence-corrected chi connectivity index (χ3v) is 10.2. The third-order valence-electron chi connectivity index (χ3n) is 8.14. The van der Waals surface area contributed by atoms with Crippen LogP contribution in [0.15, 0.2) is 89.8 Å². The van der Waals surface area contributed by atoms with Gasteiger partial charge in [0.05, 0.1) is 44.9 Å². The number of carbonyl (C=O) groups is 2. The fraction of sp³-hybridized carbons (Fsp3) is 0.176. The summed E-state index contributed by atoms with van der Waals surface area (Å²) in [5, 5.41) is 0.166. The van der Waals surface area contributed by atoms with Gasteiger partial charge in [-0.3, -0.25) is 18.8 Å². The molecule has 0 bridgehead atoms. The maximum atomic E-state index is 14.6. The Morgan fingerprint density at radius 3 is 2.26 bits per heavy atom. The minimum absolute atomic E-state index is 0.00518. The molecule has 4 aromatic carbocycles. The molecular formula is C34H25ClF4N2O5S. The van der Waals surface area contributed by atoms with E-state index in [9.17, 15) is 35.6 Å². The van der Waals surface area contributed by atoms with Crippen molar-refractivity contribution >= 4 is 50.8 Å². The maximum absolute atomic E-state index is 14.6. The predicted molar refractivity (Wildman–Crippen MR) is 168 cm³/mol. The highest BCUT2D eigenvalue weighted by atomic mass is 35.5. The molecular weight excluding hydrogens is 660 g/mol. The van der Waals surface area contributed by atoms with E-state index in [1.54, 1.807) is 31.2 Å². The quantitative estimate of drug-likeness (QED) is 0.118. The number of benzene rings is 4. The van der Waals surface area contributed by atoms with Crippen LogP contribution in [-0.4, -0.2) is 43.8 Å². The van der Waals surface area contributed by atoms with Gasteiger partial charge in [0.2, 0.25) is 0 Å². The molecule has 0 saturated carbocycles. The Morgan fingerprint density at radius 2 is 1.62 bits per heavy atom. The number of fused-ring (bicyclic) bond motifs is 2. The summed E-state index contributed by atoms with van der Waals surface area (Å²) < 4.78 is 90.8. The van der Waals surface area contributed by atoms with E-state index in [-0.39, 0.29) is 33.1 Å². The first-order chi connectivity index (χ1) is 22.2. The first-order valence-corrected chi connectivity index (χ1v) is 16.1. The molecule has 2 atom stereocenters. The molecule has 47 heavy (non-hydrogen) atoms. The largest absolute Gasteiger partial charge is 0.484 e. The number of alkyl halides is 3. The number of rotatable bonds is 6. The van der Waals surface area contributed by atoms with E-state index in [1.807, 2.05) is 0 Å². The average Bonchev–Trinajstić information content (AvgIpc) is 3.28. The molecule has 242 valence electrons. The van der Waals surface area contributed by atoms with Crippen LogP contribution >= 0.6 is 11.6 Å². The number of nitrogens with zero attached hydrogens (tertiary/aromatic N) is 2. The van der Waals surface area contributed by atoms with Crippen molar-refractivity contribution in [1.82, 2.24) is 4.90 Å². The van der Waals surface area contributed by atoms with Crippen molar-refractivity contribution in [2.45, 2.75) is 37.1 Å². The van der Waals surface area contributed by atoms with Gasteiger partial charge in [-0.15, -0.1) is 0 Å². The monoisotopic (exact) mass is 684 g/mol. The number of sulfonamides is 1. The Morgan fingerprint density at radius 1 is 0.957 bits per heavy atom. The molecule has 0 N–H and O–H groups in total. The second-order valence-corrected chi connectivity index (χ2v) is 13.4. The van der Waals surface area contributed by atoms with Gasteiger partial charge in [0, 0.05) is 5.56 Å². The molecule has 0 aliphatic carbocycles. The lowest BCUT2D eigenvalue weighted by Gasteiger charge is -2.39. The number of amides is 2. The second kappa shape index (κ2) is 11.8. The summed E-state index contributed by atoms with van der Waals surface area (Å²) in [4.78, 5) is 26.9. The third kappa shape index (κ3) is 5.76. The molecule has 2 unspecified atom stereocenters. The number of allylic oxidation sites excluding steroid dienone is 1. The highest BCUT2D eigenvalue weighted by Gasteiger charge is 2.45. The normalized spacial score (nSPS) is 17.3. The Bertz CT molecular complexity index is 2030. The zero-order valence-electron chi connectivity index (χ0n) is 24.8. The molecule has 0 saturated heterocycles. The van der Waals surface area contributed by atoms with Gasteiger partial charge in [-0.2, -0.15) is 13.2 Å². The highest BCUT2D eigenvalue weighted by molar-refractivity contribution is 7.92. The number of hydrogen-bond acceptors (Lipinski definition) is 5. The lowest BCUT2D eigenvalue weighted by molar-refractivity contribution is -0.137. The zero-order valence-corrected chi connectivity index (χ0v) is 26.3. The molecule has 7 nitrogen and oxygen atoms in total. The van der Waals surface area contributed by atoms with E-state index in [2.05, 4.69) is 0 Å². The van der Waals surface area contributed by atoms with Gasteiger partial charge in [-0.1, -0.05) is 48.0 Å². The minimum atomic E-state index is -4.81. The molecule has 2 aliphatic rings. The summed E-state index contributed by atoms with van der Waals surface area (Å²) in [7, 11) is -4.68. The van der Waals surface area contributed by atoms with Gasteiger partial charge < -0.3 is 4.74 Å². The number of ether oxygens (including phenoxy) is 1. The fourth-order valence-corrected chi connectivity index (χ4v) is 7.60. The maximum Gasteiger partial charge on any atom is 0.416 e. The zero-order chi connectivity index (χ0) is 33.8. The van der Waals surface area contributed by atoms with Crippen LogP contribution in [-0.2, 0) is 16.2 Å².